The van der Waals surface area contributed by atoms with Crippen molar-refractivity contribution in [2.75, 3.05) is 13.4 Å². The highest BCUT2D eigenvalue weighted by molar-refractivity contribution is 7.90. The molecule has 6 nitrogen and oxygen atoms in total. The van der Waals surface area contributed by atoms with Crippen molar-refractivity contribution in [3.05, 3.63) is 88.4 Å². The van der Waals surface area contributed by atoms with Crippen molar-refractivity contribution in [1.82, 2.24) is 9.78 Å². The Morgan fingerprint density at radius 1 is 0.848 bits per heavy atom. The number of carbonyl (C=O) groups excluding carboxylic acids is 1. The predicted octanol–water partition coefficient (Wildman–Crippen LogP) is 5.70. The lowest BCUT2D eigenvalue weighted by Gasteiger charge is -2.10. The van der Waals surface area contributed by atoms with Crippen molar-refractivity contribution in [2.24, 2.45) is 0 Å². The first-order chi connectivity index (χ1) is 15.7. The van der Waals surface area contributed by atoms with Crippen LogP contribution in [-0.2, 0) is 14.6 Å². The van der Waals surface area contributed by atoms with Crippen LogP contribution in [0, 0.1) is 0 Å². The Morgan fingerprint density at radius 2 is 1.36 bits per heavy atom. The maximum Gasteiger partial charge on any atom is 0.342 e. The molecule has 0 fully saturated rings. The quantitative estimate of drug-likeness (QED) is 0.328. The maximum absolute atomic E-state index is 13.0. The number of esters is 1. The van der Waals surface area contributed by atoms with Gasteiger partial charge in [0.1, 0.15) is 11.3 Å². The minimum absolute atomic E-state index is 0.178. The van der Waals surface area contributed by atoms with Gasteiger partial charge in [-0.1, -0.05) is 47.5 Å². The summed E-state index contributed by atoms with van der Waals surface area (Å²) in [5, 5.41) is 5.82. The van der Waals surface area contributed by atoms with Gasteiger partial charge >= 0.3 is 5.97 Å². The molecule has 0 saturated heterocycles. The van der Waals surface area contributed by atoms with E-state index in [9.17, 15) is 13.2 Å². The highest BCUT2D eigenvalue weighted by Crippen LogP contribution is 2.36. The standard InChI is InChI=1S/C24H18Cl2N2O4S/c1-32-24(29)21-22(15-3-7-17(25)8-4-15)27-28(23(21)16-5-9-18(26)10-6-16)19-11-13-20(14-12-19)33(2,30)31/h3-14H,1-2H3. The van der Waals surface area contributed by atoms with E-state index in [1.807, 2.05) is 0 Å². The van der Waals surface area contributed by atoms with Crippen LogP contribution in [0.3, 0.4) is 0 Å². The molecule has 33 heavy (non-hydrogen) atoms. The smallest absolute Gasteiger partial charge is 0.342 e. The lowest BCUT2D eigenvalue weighted by atomic mass is 10.0. The number of methoxy groups -OCH3 is 1. The van der Waals surface area contributed by atoms with Crippen molar-refractivity contribution >= 4 is 39.0 Å². The highest BCUT2D eigenvalue weighted by atomic mass is 35.5. The summed E-state index contributed by atoms with van der Waals surface area (Å²) in [4.78, 5) is 13.1. The van der Waals surface area contributed by atoms with E-state index in [1.165, 1.54) is 19.2 Å². The molecule has 4 rings (SSSR count). The van der Waals surface area contributed by atoms with Gasteiger partial charge in [0, 0.05) is 27.4 Å². The number of hydrogen-bond donors (Lipinski definition) is 0. The molecule has 0 radical (unpaired) electrons. The molecule has 1 aromatic heterocycles. The summed E-state index contributed by atoms with van der Waals surface area (Å²) in [6.07, 6.45) is 1.14. The lowest BCUT2D eigenvalue weighted by molar-refractivity contribution is 0.0602. The zero-order valence-electron chi connectivity index (χ0n) is 17.6. The number of halogens is 2. The highest BCUT2D eigenvalue weighted by Gasteiger charge is 2.27. The van der Waals surface area contributed by atoms with Gasteiger partial charge in [0.05, 0.1) is 23.4 Å². The van der Waals surface area contributed by atoms with E-state index in [-0.39, 0.29) is 10.5 Å². The fourth-order valence-corrected chi connectivity index (χ4v) is 4.30. The van der Waals surface area contributed by atoms with Gasteiger partial charge < -0.3 is 4.74 Å². The summed E-state index contributed by atoms with van der Waals surface area (Å²) in [5.41, 5.74) is 3.06. The van der Waals surface area contributed by atoms with Crippen LogP contribution in [-0.4, -0.2) is 37.5 Å². The van der Waals surface area contributed by atoms with Gasteiger partial charge in [-0.2, -0.15) is 5.10 Å². The Balaban J connectivity index is 2.03. The van der Waals surface area contributed by atoms with Crippen molar-refractivity contribution in [3.8, 4) is 28.2 Å². The minimum atomic E-state index is -3.37. The second-order valence-electron chi connectivity index (χ2n) is 7.26. The summed E-state index contributed by atoms with van der Waals surface area (Å²) in [6, 6.07) is 20.2. The number of benzene rings is 3. The Kier molecular flexibility index (Phi) is 6.30. The fourth-order valence-electron chi connectivity index (χ4n) is 3.42. The van der Waals surface area contributed by atoms with Crippen LogP contribution in [0.25, 0.3) is 28.2 Å². The van der Waals surface area contributed by atoms with Crippen LogP contribution in [0.15, 0.2) is 77.7 Å². The molecule has 0 unspecified atom stereocenters. The van der Waals surface area contributed by atoms with Gasteiger partial charge in [0.25, 0.3) is 0 Å². The van der Waals surface area contributed by atoms with Crippen LogP contribution >= 0.6 is 23.2 Å². The first kappa shape index (κ1) is 23.0. The molecule has 0 saturated carbocycles. The first-order valence-electron chi connectivity index (χ1n) is 9.73. The molecule has 3 aromatic carbocycles. The summed E-state index contributed by atoms with van der Waals surface area (Å²) < 4.78 is 30.5. The third-order valence-corrected chi connectivity index (χ3v) is 6.65. The predicted molar refractivity (Wildman–Crippen MR) is 129 cm³/mol. The minimum Gasteiger partial charge on any atom is -0.465 e. The summed E-state index contributed by atoms with van der Waals surface area (Å²) >= 11 is 12.1. The molecule has 4 aromatic rings. The Bertz CT molecular complexity index is 1430. The number of nitrogens with zero attached hydrogens (tertiary/aromatic N) is 2. The number of ether oxygens (including phenoxy) is 1. The van der Waals surface area contributed by atoms with E-state index >= 15 is 0 Å². The number of rotatable bonds is 5. The van der Waals surface area contributed by atoms with Gasteiger partial charge in [-0.05, 0) is 48.5 Å². The zero-order valence-corrected chi connectivity index (χ0v) is 19.9. The second kappa shape index (κ2) is 9.02. The van der Waals surface area contributed by atoms with E-state index in [4.69, 9.17) is 33.0 Å². The van der Waals surface area contributed by atoms with E-state index in [2.05, 4.69) is 0 Å². The molecule has 0 aliphatic heterocycles. The molecule has 0 spiro atoms. The Hall–Kier alpha value is -3.13. The number of sulfone groups is 1. The fraction of sp³-hybridized carbons (Fsp3) is 0.0833. The molecule has 1 heterocycles. The average Bonchev–Trinajstić information content (AvgIpc) is 3.19. The molecule has 0 N–H and O–H groups in total. The SMILES string of the molecule is COC(=O)c1c(-c2ccc(Cl)cc2)nn(-c2ccc(S(C)(=O)=O)cc2)c1-c1ccc(Cl)cc1. The van der Waals surface area contributed by atoms with E-state index in [0.29, 0.717) is 38.2 Å². The lowest BCUT2D eigenvalue weighted by Crippen LogP contribution is -2.06. The summed E-state index contributed by atoms with van der Waals surface area (Å²) in [7, 11) is -2.06. The van der Waals surface area contributed by atoms with Crippen LogP contribution in [0.4, 0.5) is 0 Å². The number of carbonyl (C=O) groups is 1. The molecule has 0 bridgehead atoms. The molecule has 0 aliphatic rings. The molecular weight excluding hydrogens is 483 g/mol. The van der Waals surface area contributed by atoms with Crippen molar-refractivity contribution < 1.29 is 17.9 Å². The van der Waals surface area contributed by atoms with E-state index < -0.39 is 15.8 Å². The van der Waals surface area contributed by atoms with Crippen LogP contribution in [0.2, 0.25) is 10.0 Å². The van der Waals surface area contributed by atoms with Crippen molar-refractivity contribution in [3.63, 3.8) is 0 Å². The van der Waals surface area contributed by atoms with E-state index in [0.717, 1.165) is 6.26 Å². The van der Waals surface area contributed by atoms with Gasteiger partial charge in [-0.15, -0.1) is 0 Å². The summed E-state index contributed by atoms with van der Waals surface area (Å²) in [6.45, 7) is 0. The Labute approximate surface area is 201 Å². The van der Waals surface area contributed by atoms with Crippen LogP contribution < -0.4 is 0 Å². The average molecular weight is 501 g/mol. The van der Waals surface area contributed by atoms with Gasteiger partial charge in [-0.3, -0.25) is 0 Å². The molecule has 9 heteroatoms. The normalized spacial score (nSPS) is 11.4. The van der Waals surface area contributed by atoms with Gasteiger partial charge in [0.2, 0.25) is 0 Å². The monoisotopic (exact) mass is 500 g/mol. The number of hydrogen-bond acceptors (Lipinski definition) is 5. The third kappa shape index (κ3) is 4.66. The first-order valence-corrected chi connectivity index (χ1v) is 12.4. The molecule has 168 valence electrons. The van der Waals surface area contributed by atoms with E-state index in [1.54, 1.807) is 65.3 Å². The number of aromatic nitrogens is 2. The maximum atomic E-state index is 13.0. The molecule has 0 aliphatic carbocycles. The summed E-state index contributed by atoms with van der Waals surface area (Å²) in [5.74, 6) is -0.566. The van der Waals surface area contributed by atoms with Gasteiger partial charge in [-0.25, -0.2) is 17.9 Å². The van der Waals surface area contributed by atoms with Crippen molar-refractivity contribution in [1.29, 1.82) is 0 Å². The Morgan fingerprint density at radius 3 is 1.85 bits per heavy atom. The van der Waals surface area contributed by atoms with Gasteiger partial charge in [0.15, 0.2) is 9.84 Å². The van der Waals surface area contributed by atoms with Crippen LogP contribution in [0.5, 0.6) is 0 Å². The zero-order chi connectivity index (χ0) is 23.8. The van der Waals surface area contributed by atoms with Crippen molar-refractivity contribution in [2.45, 2.75) is 4.90 Å². The molecular formula is C24H18Cl2N2O4S. The topological polar surface area (TPSA) is 78.3 Å². The third-order valence-electron chi connectivity index (χ3n) is 5.02. The van der Waals surface area contributed by atoms with Crippen LogP contribution in [0.1, 0.15) is 10.4 Å². The molecule has 0 atom stereocenters. The second-order valence-corrected chi connectivity index (χ2v) is 10.1. The largest absolute Gasteiger partial charge is 0.465 e. The molecule has 0 amide bonds.